The molecule has 0 bridgehead atoms. The standard InChI is InChI=1S/C21H26N4O3/c22-19-6-2-3-16-17(19)4-1-5-18(16)21(27)23-15-13-20(26)25(14-15)8-7-24-9-11-28-12-10-24/h1-6,15H,7-14,22H2,(H,23,27). The van der Waals surface area contributed by atoms with Crippen LogP contribution in [0, 0.1) is 0 Å². The molecule has 0 aliphatic carbocycles. The molecule has 3 N–H and O–H groups in total. The van der Waals surface area contributed by atoms with E-state index in [1.165, 1.54) is 0 Å². The lowest BCUT2D eigenvalue weighted by molar-refractivity contribution is -0.128. The summed E-state index contributed by atoms with van der Waals surface area (Å²) in [6.45, 7) is 5.42. The van der Waals surface area contributed by atoms with E-state index in [1.807, 2.05) is 35.2 Å². The predicted octanol–water partition coefficient (Wildman–Crippen LogP) is 1.08. The number of fused-ring (bicyclic) bond motifs is 1. The number of carbonyl (C=O) groups is 2. The zero-order valence-corrected chi connectivity index (χ0v) is 15.9. The van der Waals surface area contributed by atoms with Gasteiger partial charge in [-0.1, -0.05) is 24.3 Å². The number of carbonyl (C=O) groups excluding carboxylic acids is 2. The maximum absolute atomic E-state index is 12.8. The molecule has 1 unspecified atom stereocenters. The first-order chi connectivity index (χ1) is 13.6. The lowest BCUT2D eigenvalue weighted by Gasteiger charge is -2.28. The van der Waals surface area contributed by atoms with Crippen molar-refractivity contribution < 1.29 is 14.3 Å². The summed E-state index contributed by atoms with van der Waals surface area (Å²) in [5, 5.41) is 4.72. The normalized spacial score (nSPS) is 20.6. The molecule has 2 aromatic rings. The average molecular weight is 382 g/mol. The lowest BCUT2D eigenvalue weighted by Crippen LogP contribution is -2.42. The fraction of sp³-hybridized carbons (Fsp3) is 0.429. The number of rotatable bonds is 5. The van der Waals surface area contributed by atoms with Crippen LogP contribution in [0.1, 0.15) is 16.8 Å². The number of nitrogens with one attached hydrogen (secondary N) is 1. The van der Waals surface area contributed by atoms with Crippen molar-refractivity contribution in [2.75, 3.05) is 51.7 Å². The molecule has 0 aromatic heterocycles. The monoisotopic (exact) mass is 382 g/mol. The Labute approximate surface area is 164 Å². The number of likely N-dealkylation sites (tertiary alicyclic amines) is 1. The van der Waals surface area contributed by atoms with Crippen LogP contribution in [0.3, 0.4) is 0 Å². The molecule has 2 heterocycles. The second kappa shape index (κ2) is 8.16. The Morgan fingerprint density at radius 1 is 1.11 bits per heavy atom. The molecule has 28 heavy (non-hydrogen) atoms. The summed E-state index contributed by atoms with van der Waals surface area (Å²) in [4.78, 5) is 29.3. The number of hydrogen-bond donors (Lipinski definition) is 2. The number of hydrogen-bond acceptors (Lipinski definition) is 5. The second-order valence-electron chi connectivity index (χ2n) is 7.42. The van der Waals surface area contributed by atoms with E-state index in [4.69, 9.17) is 10.5 Å². The molecule has 1 atom stereocenters. The Kier molecular flexibility index (Phi) is 5.45. The van der Waals surface area contributed by atoms with Gasteiger partial charge in [0, 0.05) is 55.8 Å². The van der Waals surface area contributed by atoms with E-state index >= 15 is 0 Å². The fourth-order valence-electron chi connectivity index (χ4n) is 3.97. The minimum atomic E-state index is -0.166. The Morgan fingerprint density at radius 3 is 2.68 bits per heavy atom. The molecular weight excluding hydrogens is 356 g/mol. The maximum Gasteiger partial charge on any atom is 0.252 e. The van der Waals surface area contributed by atoms with E-state index < -0.39 is 0 Å². The van der Waals surface area contributed by atoms with Crippen LogP contribution in [0.4, 0.5) is 5.69 Å². The number of amides is 2. The van der Waals surface area contributed by atoms with Crippen molar-refractivity contribution in [1.29, 1.82) is 0 Å². The van der Waals surface area contributed by atoms with Gasteiger partial charge in [-0.15, -0.1) is 0 Å². The Morgan fingerprint density at radius 2 is 1.86 bits per heavy atom. The van der Waals surface area contributed by atoms with Gasteiger partial charge in [0.05, 0.1) is 19.3 Å². The van der Waals surface area contributed by atoms with Crippen LogP contribution in [0.25, 0.3) is 10.8 Å². The van der Waals surface area contributed by atoms with Gasteiger partial charge < -0.3 is 20.7 Å². The summed E-state index contributed by atoms with van der Waals surface area (Å²) >= 11 is 0. The first kappa shape index (κ1) is 18.7. The third-order valence-electron chi connectivity index (χ3n) is 5.54. The highest BCUT2D eigenvalue weighted by molar-refractivity contribution is 6.09. The zero-order chi connectivity index (χ0) is 19.5. The van der Waals surface area contributed by atoms with Gasteiger partial charge >= 0.3 is 0 Å². The first-order valence-corrected chi connectivity index (χ1v) is 9.78. The summed E-state index contributed by atoms with van der Waals surface area (Å²) in [7, 11) is 0. The quantitative estimate of drug-likeness (QED) is 0.756. The van der Waals surface area contributed by atoms with Crippen molar-refractivity contribution in [1.82, 2.24) is 15.1 Å². The minimum absolute atomic E-state index is 0.0979. The van der Waals surface area contributed by atoms with Gasteiger partial charge in [0.25, 0.3) is 5.91 Å². The minimum Gasteiger partial charge on any atom is -0.398 e. The molecule has 2 aliphatic rings. The molecule has 7 heteroatoms. The van der Waals surface area contributed by atoms with E-state index in [9.17, 15) is 9.59 Å². The Balaban J connectivity index is 1.38. The molecule has 2 aliphatic heterocycles. The van der Waals surface area contributed by atoms with Gasteiger partial charge in [0.1, 0.15) is 0 Å². The molecular formula is C21H26N4O3. The number of morpholine rings is 1. The average Bonchev–Trinajstić information content (AvgIpc) is 3.06. The second-order valence-corrected chi connectivity index (χ2v) is 7.42. The smallest absolute Gasteiger partial charge is 0.252 e. The number of nitrogens with zero attached hydrogens (tertiary/aromatic N) is 2. The van der Waals surface area contributed by atoms with Crippen LogP contribution in [-0.2, 0) is 9.53 Å². The summed E-state index contributed by atoms with van der Waals surface area (Å²) < 4.78 is 5.36. The van der Waals surface area contributed by atoms with Gasteiger partial charge in [0.2, 0.25) is 5.91 Å². The van der Waals surface area contributed by atoms with Crippen molar-refractivity contribution in [2.45, 2.75) is 12.5 Å². The van der Waals surface area contributed by atoms with Gasteiger partial charge in [0.15, 0.2) is 0 Å². The molecule has 2 saturated heterocycles. The fourth-order valence-corrected chi connectivity index (χ4v) is 3.97. The molecule has 4 rings (SSSR count). The molecule has 2 amide bonds. The molecule has 2 aromatic carbocycles. The first-order valence-electron chi connectivity index (χ1n) is 9.78. The molecule has 0 spiro atoms. The third-order valence-corrected chi connectivity index (χ3v) is 5.54. The topological polar surface area (TPSA) is 87.9 Å². The van der Waals surface area contributed by atoms with E-state index in [0.717, 1.165) is 43.6 Å². The van der Waals surface area contributed by atoms with E-state index in [1.54, 1.807) is 6.07 Å². The Hall–Kier alpha value is -2.64. The van der Waals surface area contributed by atoms with E-state index in [0.29, 0.717) is 30.8 Å². The number of ether oxygens (including phenoxy) is 1. The number of nitrogen functional groups attached to an aromatic ring is 1. The van der Waals surface area contributed by atoms with Crippen molar-refractivity contribution in [2.24, 2.45) is 0 Å². The number of anilines is 1. The highest BCUT2D eigenvalue weighted by atomic mass is 16.5. The van der Waals surface area contributed by atoms with Crippen LogP contribution >= 0.6 is 0 Å². The predicted molar refractivity (Wildman–Crippen MR) is 108 cm³/mol. The molecule has 148 valence electrons. The molecule has 0 radical (unpaired) electrons. The van der Waals surface area contributed by atoms with Crippen LogP contribution < -0.4 is 11.1 Å². The summed E-state index contributed by atoms with van der Waals surface area (Å²) in [6, 6.07) is 10.9. The maximum atomic E-state index is 12.8. The number of nitrogens with two attached hydrogens (primary N) is 1. The van der Waals surface area contributed by atoms with Gasteiger partial charge in [-0.05, 0) is 17.5 Å². The van der Waals surface area contributed by atoms with E-state index in [-0.39, 0.29) is 17.9 Å². The summed E-state index contributed by atoms with van der Waals surface area (Å²) in [5.41, 5.74) is 7.26. The van der Waals surface area contributed by atoms with Crippen LogP contribution in [-0.4, -0.2) is 73.6 Å². The van der Waals surface area contributed by atoms with Crippen LogP contribution in [0.15, 0.2) is 36.4 Å². The third kappa shape index (κ3) is 3.95. The highest BCUT2D eigenvalue weighted by Gasteiger charge is 2.31. The largest absolute Gasteiger partial charge is 0.398 e. The Bertz CT molecular complexity index is 879. The number of benzene rings is 2. The van der Waals surface area contributed by atoms with E-state index in [2.05, 4.69) is 10.2 Å². The van der Waals surface area contributed by atoms with Gasteiger partial charge in [-0.3, -0.25) is 14.5 Å². The van der Waals surface area contributed by atoms with Crippen LogP contribution in [0.5, 0.6) is 0 Å². The SMILES string of the molecule is Nc1cccc2c(C(=O)NC3CC(=O)N(CCN4CCOCC4)C3)cccc12. The molecule has 2 fully saturated rings. The van der Waals surface area contributed by atoms with Crippen molar-refractivity contribution in [3.8, 4) is 0 Å². The van der Waals surface area contributed by atoms with Crippen LogP contribution in [0.2, 0.25) is 0 Å². The summed E-state index contributed by atoms with van der Waals surface area (Å²) in [5.74, 6) is -0.0650. The van der Waals surface area contributed by atoms with Gasteiger partial charge in [-0.25, -0.2) is 0 Å². The van der Waals surface area contributed by atoms with Crippen molar-refractivity contribution >= 4 is 28.3 Å². The molecule has 7 nitrogen and oxygen atoms in total. The zero-order valence-electron chi connectivity index (χ0n) is 15.9. The van der Waals surface area contributed by atoms with Crippen molar-refractivity contribution in [3.05, 3.63) is 42.0 Å². The summed E-state index contributed by atoms with van der Waals surface area (Å²) in [6.07, 6.45) is 0.349. The molecule has 0 saturated carbocycles. The lowest BCUT2D eigenvalue weighted by atomic mass is 10.0. The van der Waals surface area contributed by atoms with Crippen molar-refractivity contribution in [3.63, 3.8) is 0 Å². The van der Waals surface area contributed by atoms with Gasteiger partial charge in [-0.2, -0.15) is 0 Å². The highest BCUT2D eigenvalue weighted by Crippen LogP contribution is 2.24.